The first-order valence-corrected chi connectivity index (χ1v) is 5.32. The lowest BCUT2D eigenvalue weighted by Gasteiger charge is -2.20. The van der Waals surface area contributed by atoms with Gasteiger partial charge in [0, 0.05) is 18.0 Å². The van der Waals surface area contributed by atoms with Crippen LogP contribution in [0.4, 0.5) is 0 Å². The van der Waals surface area contributed by atoms with Crippen LogP contribution in [0.1, 0.15) is 19.3 Å². The Morgan fingerprint density at radius 2 is 2.36 bits per heavy atom. The summed E-state index contributed by atoms with van der Waals surface area (Å²) in [4.78, 5) is 12.8. The maximum absolute atomic E-state index is 11.3. The van der Waals surface area contributed by atoms with Crippen LogP contribution >= 0.6 is 0 Å². The SMILES string of the molecule is C[NH+]1CC=C(NNC(=O)C2CC2)CC1. The fourth-order valence-corrected chi connectivity index (χ4v) is 1.55. The number of rotatable bonds is 3. The number of nitrogens with one attached hydrogen (secondary N) is 3. The summed E-state index contributed by atoms with van der Waals surface area (Å²) in [7, 11) is 2.18. The van der Waals surface area contributed by atoms with Crippen molar-refractivity contribution in [3.8, 4) is 0 Å². The lowest BCUT2D eigenvalue weighted by molar-refractivity contribution is -0.875. The molecule has 2 aliphatic rings. The number of carbonyl (C=O) groups excluding carboxylic acids is 1. The van der Waals surface area contributed by atoms with E-state index in [1.165, 1.54) is 4.90 Å². The molecule has 1 amide bonds. The highest BCUT2D eigenvalue weighted by Crippen LogP contribution is 2.28. The molecule has 4 heteroatoms. The third-order valence-electron chi connectivity index (χ3n) is 2.81. The first kappa shape index (κ1) is 9.52. The molecule has 0 bridgehead atoms. The molecule has 14 heavy (non-hydrogen) atoms. The topological polar surface area (TPSA) is 45.6 Å². The van der Waals surface area contributed by atoms with Gasteiger partial charge >= 0.3 is 0 Å². The summed E-state index contributed by atoms with van der Waals surface area (Å²) >= 11 is 0. The number of hydrogen-bond acceptors (Lipinski definition) is 2. The van der Waals surface area contributed by atoms with Crippen molar-refractivity contribution in [1.29, 1.82) is 0 Å². The summed E-state index contributed by atoms with van der Waals surface area (Å²) in [5, 5.41) is 0. The quantitative estimate of drug-likeness (QED) is 0.498. The molecule has 0 aromatic carbocycles. The Morgan fingerprint density at radius 3 is 2.93 bits per heavy atom. The molecule has 1 aliphatic carbocycles. The maximum Gasteiger partial charge on any atom is 0.241 e. The molecular weight excluding hydrogens is 178 g/mol. The monoisotopic (exact) mass is 196 g/mol. The molecule has 78 valence electrons. The van der Waals surface area contributed by atoms with E-state index in [1.807, 2.05) is 0 Å². The van der Waals surface area contributed by atoms with Crippen LogP contribution in [0.3, 0.4) is 0 Å². The molecule has 1 atom stereocenters. The van der Waals surface area contributed by atoms with Gasteiger partial charge in [0.15, 0.2) is 0 Å². The zero-order chi connectivity index (χ0) is 9.97. The minimum atomic E-state index is 0.150. The maximum atomic E-state index is 11.3. The van der Waals surface area contributed by atoms with E-state index in [1.54, 1.807) is 0 Å². The highest BCUT2D eigenvalue weighted by atomic mass is 16.2. The Balaban J connectivity index is 1.72. The number of amides is 1. The Morgan fingerprint density at radius 1 is 1.57 bits per heavy atom. The van der Waals surface area contributed by atoms with E-state index < -0.39 is 0 Å². The van der Waals surface area contributed by atoms with E-state index in [0.29, 0.717) is 0 Å². The summed E-state index contributed by atoms with van der Waals surface area (Å²) in [6.07, 6.45) is 5.29. The van der Waals surface area contributed by atoms with Crippen LogP contribution in [-0.4, -0.2) is 26.0 Å². The van der Waals surface area contributed by atoms with Crippen LogP contribution in [0, 0.1) is 5.92 Å². The van der Waals surface area contributed by atoms with Gasteiger partial charge in [-0.05, 0) is 18.9 Å². The molecule has 0 aromatic heterocycles. The second kappa shape index (κ2) is 4.00. The summed E-state index contributed by atoms with van der Waals surface area (Å²) < 4.78 is 0. The molecule has 2 rings (SSSR count). The van der Waals surface area contributed by atoms with Gasteiger partial charge in [0.25, 0.3) is 0 Å². The first-order valence-electron chi connectivity index (χ1n) is 5.32. The van der Waals surface area contributed by atoms with Crippen molar-refractivity contribution in [1.82, 2.24) is 10.9 Å². The largest absolute Gasteiger partial charge is 0.334 e. The van der Waals surface area contributed by atoms with Crippen molar-refractivity contribution in [2.75, 3.05) is 20.1 Å². The normalized spacial score (nSPS) is 26.6. The molecule has 0 aromatic rings. The van der Waals surface area contributed by atoms with Crippen LogP contribution in [0.15, 0.2) is 11.8 Å². The molecular formula is C10H18N3O+. The van der Waals surface area contributed by atoms with Gasteiger partial charge in [-0.15, -0.1) is 0 Å². The van der Waals surface area contributed by atoms with Crippen LogP contribution < -0.4 is 15.8 Å². The van der Waals surface area contributed by atoms with E-state index in [-0.39, 0.29) is 11.8 Å². The zero-order valence-corrected chi connectivity index (χ0v) is 8.60. The van der Waals surface area contributed by atoms with Gasteiger partial charge < -0.3 is 10.3 Å². The second-order valence-corrected chi connectivity index (χ2v) is 4.28. The Labute approximate surface area is 84.3 Å². The fraction of sp³-hybridized carbons (Fsp3) is 0.700. The van der Waals surface area contributed by atoms with Gasteiger partial charge in [0.1, 0.15) is 0 Å². The van der Waals surface area contributed by atoms with E-state index in [0.717, 1.165) is 38.0 Å². The number of carbonyl (C=O) groups is 1. The van der Waals surface area contributed by atoms with Gasteiger partial charge in [-0.2, -0.15) is 0 Å². The molecule has 1 aliphatic heterocycles. The Bertz CT molecular complexity index is 258. The van der Waals surface area contributed by atoms with Crippen LogP contribution in [0.2, 0.25) is 0 Å². The van der Waals surface area contributed by atoms with Crippen molar-refractivity contribution < 1.29 is 9.69 Å². The standard InChI is InChI=1S/C10H17N3O/c1-13-6-4-9(5-7-13)11-12-10(14)8-2-3-8/h4,8,11H,2-3,5-7H2,1H3,(H,12,14)/p+1. The summed E-state index contributed by atoms with van der Waals surface area (Å²) in [5.74, 6) is 0.428. The molecule has 1 saturated carbocycles. The Hall–Kier alpha value is -1.03. The van der Waals surface area contributed by atoms with Crippen LogP contribution in [0.5, 0.6) is 0 Å². The number of hydrazine groups is 1. The summed E-state index contributed by atoms with van der Waals surface area (Å²) in [6.45, 7) is 2.18. The number of hydrogen-bond donors (Lipinski definition) is 3. The average molecular weight is 196 g/mol. The molecule has 3 N–H and O–H groups in total. The number of quaternary nitrogens is 1. The van der Waals surface area contributed by atoms with Crippen molar-refractivity contribution in [2.24, 2.45) is 5.92 Å². The lowest BCUT2D eigenvalue weighted by Crippen LogP contribution is -3.09. The van der Waals surface area contributed by atoms with Gasteiger partial charge in [0.2, 0.25) is 5.91 Å². The molecule has 0 saturated heterocycles. The minimum absolute atomic E-state index is 0.150. The molecule has 0 spiro atoms. The van der Waals surface area contributed by atoms with Crippen LogP contribution in [-0.2, 0) is 4.79 Å². The first-order chi connectivity index (χ1) is 6.75. The zero-order valence-electron chi connectivity index (χ0n) is 8.60. The van der Waals surface area contributed by atoms with Crippen LogP contribution in [0.25, 0.3) is 0 Å². The molecule has 1 unspecified atom stereocenters. The highest BCUT2D eigenvalue weighted by Gasteiger charge is 2.29. The summed E-state index contributed by atoms with van der Waals surface area (Å²) in [6, 6.07) is 0. The van der Waals surface area contributed by atoms with Crippen molar-refractivity contribution in [3.05, 3.63) is 11.8 Å². The lowest BCUT2D eigenvalue weighted by atomic mass is 10.2. The van der Waals surface area contributed by atoms with Crippen molar-refractivity contribution >= 4 is 5.91 Å². The predicted molar refractivity (Wildman–Crippen MR) is 53.3 cm³/mol. The van der Waals surface area contributed by atoms with E-state index in [2.05, 4.69) is 24.0 Å². The summed E-state index contributed by atoms with van der Waals surface area (Å²) in [5.41, 5.74) is 6.93. The van der Waals surface area contributed by atoms with E-state index in [9.17, 15) is 4.79 Å². The van der Waals surface area contributed by atoms with Gasteiger partial charge in [-0.25, -0.2) is 0 Å². The van der Waals surface area contributed by atoms with Crippen molar-refractivity contribution in [3.63, 3.8) is 0 Å². The molecule has 1 fully saturated rings. The molecule has 0 radical (unpaired) electrons. The van der Waals surface area contributed by atoms with E-state index >= 15 is 0 Å². The third kappa shape index (κ3) is 2.48. The molecule has 4 nitrogen and oxygen atoms in total. The highest BCUT2D eigenvalue weighted by molar-refractivity contribution is 5.80. The smallest absolute Gasteiger partial charge is 0.241 e. The average Bonchev–Trinajstić information content (AvgIpc) is 3.00. The second-order valence-electron chi connectivity index (χ2n) is 4.28. The number of likely N-dealkylation sites (N-methyl/N-ethyl adjacent to an activating group) is 1. The fourth-order valence-electron chi connectivity index (χ4n) is 1.55. The molecule has 1 heterocycles. The van der Waals surface area contributed by atoms with Crippen molar-refractivity contribution in [2.45, 2.75) is 19.3 Å². The third-order valence-corrected chi connectivity index (χ3v) is 2.81. The van der Waals surface area contributed by atoms with E-state index in [4.69, 9.17) is 0 Å². The minimum Gasteiger partial charge on any atom is -0.334 e. The van der Waals surface area contributed by atoms with Gasteiger partial charge in [-0.1, -0.05) is 0 Å². The van der Waals surface area contributed by atoms with Gasteiger partial charge in [0.05, 0.1) is 20.1 Å². The Kier molecular flexibility index (Phi) is 2.72. The predicted octanol–water partition coefficient (Wildman–Crippen LogP) is -1.18. The van der Waals surface area contributed by atoms with Gasteiger partial charge in [-0.3, -0.25) is 10.2 Å².